The number of piperazine rings is 1. The topological polar surface area (TPSA) is 56.1 Å². The standard InChI is InChI=1S/C21H22F3N3O2S/c22-21(23,24)15-2-1-3-19(25-13-15)26-8-10-27(11-9-26)30-16-6-4-14-5-7-17(20(28)29)18(14)12-16/h3,6,12-15,17H,4-5,7-11H2,(H,28,29). The first kappa shape index (κ1) is 21.1. The van der Waals surface area contributed by atoms with Gasteiger partial charge in [-0.1, -0.05) is 23.5 Å². The van der Waals surface area contributed by atoms with E-state index in [1.807, 2.05) is 11.0 Å². The molecule has 1 saturated heterocycles. The molecule has 1 saturated carbocycles. The molecular formula is C21H22F3N3O2S. The molecule has 160 valence electrons. The number of nitrogens with zero attached hydrogens (tertiary/aromatic N) is 3. The summed E-state index contributed by atoms with van der Waals surface area (Å²) in [6, 6.07) is 0. The minimum absolute atomic E-state index is 0.356. The molecule has 30 heavy (non-hydrogen) atoms. The first-order valence-electron chi connectivity index (χ1n) is 9.95. The molecule has 2 fully saturated rings. The summed E-state index contributed by atoms with van der Waals surface area (Å²) in [6.45, 7) is 2.72. The van der Waals surface area contributed by atoms with Gasteiger partial charge < -0.3 is 10.0 Å². The molecule has 0 aromatic heterocycles. The Morgan fingerprint density at radius 1 is 1.23 bits per heavy atom. The van der Waals surface area contributed by atoms with E-state index in [9.17, 15) is 23.1 Å². The van der Waals surface area contributed by atoms with E-state index >= 15 is 0 Å². The van der Waals surface area contributed by atoms with Gasteiger partial charge in [-0.05, 0) is 43.2 Å². The second kappa shape index (κ2) is 8.52. The van der Waals surface area contributed by atoms with Crippen LogP contribution in [0, 0.1) is 29.6 Å². The average molecular weight is 437 g/mol. The summed E-state index contributed by atoms with van der Waals surface area (Å²) in [4.78, 5) is 18.5. The molecule has 3 atom stereocenters. The summed E-state index contributed by atoms with van der Waals surface area (Å²) < 4.78 is 40.7. The van der Waals surface area contributed by atoms with Gasteiger partial charge in [-0.15, -0.1) is 0 Å². The number of allylic oxidation sites excluding steroid dienone is 3. The summed E-state index contributed by atoms with van der Waals surface area (Å²) in [7, 11) is 0. The Labute approximate surface area is 177 Å². The lowest BCUT2D eigenvalue weighted by Gasteiger charge is -2.35. The minimum Gasteiger partial charge on any atom is -0.481 e. The van der Waals surface area contributed by atoms with E-state index in [-0.39, 0.29) is 5.92 Å². The van der Waals surface area contributed by atoms with Crippen LogP contribution in [0.25, 0.3) is 0 Å². The average Bonchev–Trinajstić information content (AvgIpc) is 2.95. The van der Waals surface area contributed by atoms with Crippen LogP contribution < -0.4 is 0 Å². The van der Waals surface area contributed by atoms with Crippen molar-refractivity contribution < 1.29 is 23.1 Å². The zero-order valence-corrected chi connectivity index (χ0v) is 17.0. The number of carbonyl (C=O) groups is 1. The minimum atomic E-state index is -4.41. The van der Waals surface area contributed by atoms with Crippen molar-refractivity contribution in [2.45, 2.75) is 25.4 Å². The van der Waals surface area contributed by atoms with E-state index in [1.54, 1.807) is 11.9 Å². The molecule has 4 aliphatic rings. The van der Waals surface area contributed by atoms with Crippen LogP contribution in [-0.4, -0.2) is 58.9 Å². The van der Waals surface area contributed by atoms with Crippen molar-refractivity contribution in [2.24, 2.45) is 22.7 Å². The highest BCUT2D eigenvalue weighted by Crippen LogP contribution is 2.44. The molecule has 2 heterocycles. The number of fused-ring (bicyclic) bond motifs is 1. The predicted molar refractivity (Wildman–Crippen MR) is 109 cm³/mol. The fourth-order valence-electron chi connectivity index (χ4n) is 4.19. The molecule has 0 radical (unpaired) electrons. The van der Waals surface area contributed by atoms with Crippen molar-refractivity contribution in [1.82, 2.24) is 9.21 Å². The Hall–Kier alpha value is -2.18. The Kier molecular flexibility index (Phi) is 5.98. The second-order valence-electron chi connectivity index (χ2n) is 7.75. The molecule has 2 aliphatic carbocycles. The summed E-state index contributed by atoms with van der Waals surface area (Å²) in [5, 5.41) is 9.42. The normalized spacial score (nSPS) is 29.2. The fraction of sp³-hybridized carbons (Fsp3) is 0.524. The number of carboxylic acids is 1. The van der Waals surface area contributed by atoms with Crippen LogP contribution in [0.1, 0.15) is 19.3 Å². The van der Waals surface area contributed by atoms with E-state index in [0.29, 0.717) is 31.2 Å². The summed E-state index contributed by atoms with van der Waals surface area (Å²) >= 11 is 1.62. The van der Waals surface area contributed by atoms with Gasteiger partial charge in [-0.2, -0.15) is 13.2 Å². The van der Waals surface area contributed by atoms with Gasteiger partial charge in [0.25, 0.3) is 0 Å². The zero-order valence-electron chi connectivity index (χ0n) is 16.2. The molecule has 2 aliphatic heterocycles. The Bertz CT molecular complexity index is 889. The maximum absolute atomic E-state index is 12.8. The molecule has 4 rings (SSSR count). The van der Waals surface area contributed by atoms with E-state index in [4.69, 9.17) is 0 Å². The first-order valence-corrected chi connectivity index (χ1v) is 10.7. The summed E-state index contributed by atoms with van der Waals surface area (Å²) in [6.07, 6.45) is 4.68. The van der Waals surface area contributed by atoms with Gasteiger partial charge in [-0.3, -0.25) is 4.79 Å². The maximum atomic E-state index is 12.8. The molecular weight excluding hydrogens is 415 g/mol. The van der Waals surface area contributed by atoms with Crippen molar-refractivity contribution in [1.29, 1.82) is 0 Å². The molecule has 1 N–H and O–H groups in total. The maximum Gasteiger partial charge on any atom is 0.407 e. The van der Waals surface area contributed by atoms with Crippen LogP contribution >= 0.6 is 11.9 Å². The van der Waals surface area contributed by atoms with Gasteiger partial charge in [0.15, 0.2) is 5.92 Å². The predicted octanol–water partition coefficient (Wildman–Crippen LogP) is 3.68. The van der Waals surface area contributed by atoms with Crippen molar-refractivity contribution in [2.75, 3.05) is 26.2 Å². The van der Waals surface area contributed by atoms with Crippen LogP contribution in [0.5, 0.6) is 0 Å². The van der Waals surface area contributed by atoms with Crippen LogP contribution in [0.15, 0.2) is 39.5 Å². The molecule has 0 aromatic carbocycles. The van der Waals surface area contributed by atoms with Gasteiger partial charge >= 0.3 is 12.1 Å². The number of carboxylic acid groups (broad SMARTS) is 1. The zero-order chi connectivity index (χ0) is 21.3. The molecule has 5 nitrogen and oxygen atoms in total. The third-order valence-corrected chi connectivity index (χ3v) is 6.95. The Morgan fingerprint density at radius 2 is 2.00 bits per heavy atom. The Morgan fingerprint density at radius 3 is 2.70 bits per heavy atom. The number of aliphatic imine (C=N–C) groups is 1. The van der Waals surface area contributed by atoms with Crippen molar-refractivity contribution >= 4 is 24.1 Å². The van der Waals surface area contributed by atoms with Crippen molar-refractivity contribution in [3.63, 3.8) is 0 Å². The van der Waals surface area contributed by atoms with Gasteiger partial charge in [0.2, 0.25) is 0 Å². The smallest absolute Gasteiger partial charge is 0.407 e. The van der Waals surface area contributed by atoms with Crippen LogP contribution in [-0.2, 0) is 4.79 Å². The Balaban J connectivity index is 1.32. The van der Waals surface area contributed by atoms with Crippen LogP contribution in [0.4, 0.5) is 13.2 Å². The number of rotatable bonds is 4. The third-order valence-electron chi connectivity index (χ3n) is 5.83. The highest BCUT2D eigenvalue weighted by atomic mass is 32.2. The summed E-state index contributed by atoms with van der Waals surface area (Å²) in [5.41, 5.74) is 1.04. The SMILES string of the molecule is O=C(O)C1CCC2CC=C(SN3CCN(C4=CC#CC(C(F)(F)F)C=N4)CC3)C=C21. The highest BCUT2D eigenvalue weighted by Gasteiger charge is 2.38. The number of hydrogen-bond acceptors (Lipinski definition) is 5. The van der Waals surface area contributed by atoms with E-state index in [1.165, 1.54) is 6.08 Å². The molecule has 0 amide bonds. The lowest BCUT2D eigenvalue weighted by Crippen LogP contribution is -2.42. The molecule has 0 spiro atoms. The number of hydrogen-bond donors (Lipinski definition) is 1. The third kappa shape index (κ3) is 4.60. The van der Waals surface area contributed by atoms with Gasteiger partial charge in [0, 0.05) is 43.4 Å². The van der Waals surface area contributed by atoms with Gasteiger partial charge in [0.05, 0.1) is 5.92 Å². The summed E-state index contributed by atoms with van der Waals surface area (Å²) in [5.74, 6) is 2.56. The molecule has 0 bridgehead atoms. The largest absolute Gasteiger partial charge is 0.481 e. The van der Waals surface area contributed by atoms with E-state index < -0.39 is 18.1 Å². The molecule has 3 unspecified atom stereocenters. The highest BCUT2D eigenvalue weighted by molar-refractivity contribution is 8.01. The number of alkyl halides is 3. The second-order valence-corrected chi connectivity index (χ2v) is 8.92. The lowest BCUT2D eigenvalue weighted by molar-refractivity contribution is -0.141. The number of aliphatic carboxylic acids is 1. The van der Waals surface area contributed by atoms with Gasteiger partial charge in [-0.25, -0.2) is 9.30 Å². The fourth-order valence-corrected chi connectivity index (χ4v) is 5.19. The van der Waals surface area contributed by atoms with E-state index in [2.05, 4.69) is 27.2 Å². The van der Waals surface area contributed by atoms with E-state index in [0.717, 1.165) is 42.6 Å². The van der Waals surface area contributed by atoms with Gasteiger partial charge in [0.1, 0.15) is 5.82 Å². The quantitative estimate of drug-likeness (QED) is 0.537. The van der Waals surface area contributed by atoms with Crippen LogP contribution in [0.2, 0.25) is 0 Å². The molecule has 0 aromatic rings. The first-order chi connectivity index (χ1) is 14.3. The van der Waals surface area contributed by atoms with Crippen LogP contribution in [0.3, 0.4) is 0 Å². The number of halogens is 3. The monoisotopic (exact) mass is 437 g/mol. The van der Waals surface area contributed by atoms with Crippen molar-refractivity contribution in [3.05, 3.63) is 34.5 Å². The lowest BCUT2D eigenvalue weighted by atomic mass is 9.90. The molecule has 9 heteroatoms. The van der Waals surface area contributed by atoms with Crippen molar-refractivity contribution in [3.8, 4) is 11.8 Å².